The molecule has 0 rings (SSSR count). The molecule has 0 aliphatic carbocycles. The number of carbonyl (C=O) groups is 3. The van der Waals surface area contributed by atoms with Crippen LogP contribution in [0.4, 0.5) is 0 Å². The van der Waals surface area contributed by atoms with Gasteiger partial charge in [0.05, 0.1) is 0 Å². The summed E-state index contributed by atoms with van der Waals surface area (Å²) in [4.78, 5) is 37.9. The summed E-state index contributed by atoms with van der Waals surface area (Å²) in [6.45, 7) is 9.03. The van der Waals surface area contributed by atoms with Crippen molar-refractivity contribution in [1.82, 2.24) is 0 Å². The van der Waals surface area contributed by atoms with Crippen LogP contribution in [0.5, 0.6) is 0 Å². The molecule has 0 heterocycles. The summed E-state index contributed by atoms with van der Waals surface area (Å²) in [6.07, 6.45) is 49.5. The summed E-state index contributed by atoms with van der Waals surface area (Å²) in [6, 6.07) is 0. The molecule has 0 spiro atoms. The maximum absolute atomic E-state index is 12.8. The van der Waals surface area contributed by atoms with Crippen LogP contribution in [0.25, 0.3) is 0 Å². The standard InChI is InChI=1S/C53H102O6/c1-5-7-9-11-13-15-16-17-18-22-25-29-33-37-41-45-52(55)58-48-50(47-57-51(54)44-40-36-32-27-14-12-10-8-6-2)59-53(56)46-42-38-34-30-26-23-20-19-21-24-28-31-35-39-43-49(3)4/h49-50H,5-48H2,1-4H3/t50-/m1/s1. The monoisotopic (exact) mass is 835 g/mol. The van der Waals surface area contributed by atoms with Crippen molar-refractivity contribution in [2.75, 3.05) is 13.2 Å². The van der Waals surface area contributed by atoms with Crippen molar-refractivity contribution in [2.24, 2.45) is 5.92 Å². The topological polar surface area (TPSA) is 78.9 Å². The Hall–Kier alpha value is -1.59. The van der Waals surface area contributed by atoms with Crippen molar-refractivity contribution in [1.29, 1.82) is 0 Å². The number of hydrogen-bond acceptors (Lipinski definition) is 6. The molecule has 0 aromatic heterocycles. The largest absolute Gasteiger partial charge is 0.462 e. The molecule has 0 aliphatic rings. The molecule has 0 bridgehead atoms. The van der Waals surface area contributed by atoms with E-state index in [4.69, 9.17) is 14.2 Å². The Morgan fingerprint density at radius 1 is 0.322 bits per heavy atom. The Bertz CT molecular complexity index is 887. The van der Waals surface area contributed by atoms with Gasteiger partial charge in [0.15, 0.2) is 6.10 Å². The second-order valence-corrected chi connectivity index (χ2v) is 18.6. The van der Waals surface area contributed by atoms with E-state index in [9.17, 15) is 14.4 Å². The molecular formula is C53H102O6. The first kappa shape index (κ1) is 57.4. The lowest BCUT2D eigenvalue weighted by molar-refractivity contribution is -0.167. The molecule has 0 aromatic rings. The highest BCUT2D eigenvalue weighted by Gasteiger charge is 2.19. The molecule has 0 radical (unpaired) electrons. The van der Waals surface area contributed by atoms with Gasteiger partial charge in [-0.05, 0) is 25.2 Å². The quantitative estimate of drug-likeness (QED) is 0.0345. The zero-order chi connectivity index (χ0) is 43.1. The highest BCUT2D eigenvalue weighted by molar-refractivity contribution is 5.71. The van der Waals surface area contributed by atoms with Crippen LogP contribution in [0.3, 0.4) is 0 Å². The molecule has 0 amide bonds. The van der Waals surface area contributed by atoms with Gasteiger partial charge in [0.25, 0.3) is 0 Å². The number of hydrogen-bond donors (Lipinski definition) is 0. The van der Waals surface area contributed by atoms with Crippen molar-refractivity contribution < 1.29 is 28.6 Å². The van der Waals surface area contributed by atoms with Gasteiger partial charge >= 0.3 is 17.9 Å². The fourth-order valence-corrected chi connectivity index (χ4v) is 8.04. The van der Waals surface area contributed by atoms with Gasteiger partial charge < -0.3 is 14.2 Å². The highest BCUT2D eigenvalue weighted by atomic mass is 16.6. The fraction of sp³-hybridized carbons (Fsp3) is 0.943. The van der Waals surface area contributed by atoms with Gasteiger partial charge in [-0.25, -0.2) is 0 Å². The maximum atomic E-state index is 12.8. The van der Waals surface area contributed by atoms with E-state index in [1.54, 1.807) is 0 Å². The van der Waals surface area contributed by atoms with Crippen LogP contribution < -0.4 is 0 Å². The van der Waals surface area contributed by atoms with E-state index in [0.29, 0.717) is 19.3 Å². The Kier molecular flexibility index (Phi) is 46.2. The van der Waals surface area contributed by atoms with Crippen LogP contribution in [-0.4, -0.2) is 37.2 Å². The minimum Gasteiger partial charge on any atom is -0.462 e. The summed E-state index contributed by atoms with van der Waals surface area (Å²) >= 11 is 0. The summed E-state index contributed by atoms with van der Waals surface area (Å²) in [5.41, 5.74) is 0. The molecule has 6 heteroatoms. The minimum absolute atomic E-state index is 0.0626. The van der Waals surface area contributed by atoms with Crippen LogP contribution in [0.15, 0.2) is 0 Å². The van der Waals surface area contributed by atoms with Gasteiger partial charge in [-0.3, -0.25) is 14.4 Å². The Balaban J connectivity index is 4.25. The van der Waals surface area contributed by atoms with Gasteiger partial charge in [-0.1, -0.05) is 259 Å². The van der Waals surface area contributed by atoms with Crippen LogP contribution >= 0.6 is 0 Å². The molecule has 0 aromatic carbocycles. The lowest BCUT2D eigenvalue weighted by Gasteiger charge is -2.18. The van der Waals surface area contributed by atoms with E-state index in [0.717, 1.165) is 63.7 Å². The molecule has 0 aliphatic heterocycles. The lowest BCUT2D eigenvalue weighted by atomic mass is 10.0. The smallest absolute Gasteiger partial charge is 0.306 e. The van der Waals surface area contributed by atoms with Gasteiger partial charge in [0, 0.05) is 19.3 Å². The first-order valence-electron chi connectivity index (χ1n) is 26.4. The van der Waals surface area contributed by atoms with Crippen molar-refractivity contribution in [3.63, 3.8) is 0 Å². The molecule has 0 saturated heterocycles. The molecule has 0 saturated carbocycles. The zero-order valence-electron chi connectivity index (χ0n) is 40.2. The third-order valence-corrected chi connectivity index (χ3v) is 12.0. The Morgan fingerprint density at radius 3 is 0.831 bits per heavy atom. The normalized spacial score (nSPS) is 11.9. The van der Waals surface area contributed by atoms with E-state index < -0.39 is 6.10 Å². The highest BCUT2D eigenvalue weighted by Crippen LogP contribution is 2.17. The van der Waals surface area contributed by atoms with Crippen LogP contribution in [0.1, 0.15) is 297 Å². The molecule has 1 atom stereocenters. The summed E-state index contributed by atoms with van der Waals surface area (Å²) < 4.78 is 16.8. The van der Waals surface area contributed by atoms with E-state index >= 15 is 0 Å². The first-order valence-corrected chi connectivity index (χ1v) is 26.4. The number of rotatable bonds is 48. The van der Waals surface area contributed by atoms with Crippen molar-refractivity contribution in [3.8, 4) is 0 Å². The number of ether oxygens (including phenoxy) is 3. The number of carbonyl (C=O) groups excluding carboxylic acids is 3. The SMILES string of the molecule is CCCCCCCCCCCCCCCCCC(=O)OC[C@@H](COC(=O)CCCCCCCCCCC)OC(=O)CCCCCCCCCCCCCCCCC(C)C. The van der Waals surface area contributed by atoms with E-state index in [1.807, 2.05) is 0 Å². The van der Waals surface area contributed by atoms with E-state index in [1.165, 1.54) is 193 Å². The second kappa shape index (κ2) is 47.5. The van der Waals surface area contributed by atoms with E-state index in [2.05, 4.69) is 27.7 Å². The molecule has 0 unspecified atom stereocenters. The van der Waals surface area contributed by atoms with Gasteiger partial charge in [-0.2, -0.15) is 0 Å². The van der Waals surface area contributed by atoms with Crippen molar-refractivity contribution in [2.45, 2.75) is 303 Å². The van der Waals surface area contributed by atoms with Gasteiger partial charge in [0.2, 0.25) is 0 Å². The first-order chi connectivity index (χ1) is 28.9. The second-order valence-electron chi connectivity index (χ2n) is 18.6. The average molecular weight is 835 g/mol. The molecule has 350 valence electrons. The van der Waals surface area contributed by atoms with Crippen molar-refractivity contribution >= 4 is 17.9 Å². The maximum Gasteiger partial charge on any atom is 0.306 e. The zero-order valence-corrected chi connectivity index (χ0v) is 40.2. The Labute approximate surface area is 368 Å². The van der Waals surface area contributed by atoms with Crippen molar-refractivity contribution in [3.05, 3.63) is 0 Å². The lowest BCUT2D eigenvalue weighted by Crippen LogP contribution is -2.30. The molecular weight excluding hydrogens is 733 g/mol. The summed E-state index contributed by atoms with van der Waals surface area (Å²) in [5, 5.41) is 0. The van der Waals surface area contributed by atoms with E-state index in [-0.39, 0.29) is 31.1 Å². The summed E-state index contributed by atoms with van der Waals surface area (Å²) in [7, 11) is 0. The third-order valence-electron chi connectivity index (χ3n) is 12.0. The number of esters is 3. The summed E-state index contributed by atoms with van der Waals surface area (Å²) in [5.74, 6) is -0.00149. The molecule has 0 fully saturated rings. The average Bonchev–Trinajstić information content (AvgIpc) is 3.22. The third kappa shape index (κ3) is 47.3. The minimum atomic E-state index is -0.760. The fourth-order valence-electron chi connectivity index (χ4n) is 8.04. The molecule has 59 heavy (non-hydrogen) atoms. The van der Waals surface area contributed by atoms with Crippen LogP contribution in [-0.2, 0) is 28.6 Å². The predicted octanol–water partition coefficient (Wildman–Crippen LogP) is 17.1. The molecule has 6 nitrogen and oxygen atoms in total. The molecule has 0 N–H and O–H groups in total. The Morgan fingerprint density at radius 2 is 0.559 bits per heavy atom. The number of unbranched alkanes of at least 4 members (excludes halogenated alkanes) is 35. The predicted molar refractivity (Wildman–Crippen MR) is 252 cm³/mol. The van der Waals surface area contributed by atoms with Crippen LogP contribution in [0, 0.1) is 5.92 Å². The van der Waals surface area contributed by atoms with Gasteiger partial charge in [0.1, 0.15) is 13.2 Å². The van der Waals surface area contributed by atoms with Gasteiger partial charge in [-0.15, -0.1) is 0 Å². The van der Waals surface area contributed by atoms with Crippen LogP contribution in [0.2, 0.25) is 0 Å².